The van der Waals surface area contributed by atoms with Gasteiger partial charge in [0.05, 0.1) is 5.69 Å². The van der Waals surface area contributed by atoms with E-state index in [9.17, 15) is 0 Å². The molecule has 1 aromatic rings. The summed E-state index contributed by atoms with van der Waals surface area (Å²) in [7, 11) is 0. The van der Waals surface area contributed by atoms with E-state index in [4.69, 9.17) is 23.1 Å². The number of hydrogen-bond donors (Lipinski definition) is 2. The first-order chi connectivity index (χ1) is 8.72. The average Bonchev–Trinajstić information content (AvgIpc) is 2.39. The quantitative estimate of drug-likeness (QED) is 0.804. The van der Waals surface area contributed by atoms with Gasteiger partial charge < -0.3 is 15.7 Å². The summed E-state index contributed by atoms with van der Waals surface area (Å²) in [5.41, 5.74) is 7.44. The molecular weight excluding hydrogens is 246 g/mol. The summed E-state index contributed by atoms with van der Waals surface area (Å²) in [6, 6.07) is 3.93. The molecule has 1 aliphatic heterocycles. The third-order valence-corrected chi connectivity index (χ3v) is 3.61. The number of anilines is 1. The van der Waals surface area contributed by atoms with Crippen LogP contribution in [0.15, 0.2) is 18.3 Å². The molecule has 1 saturated heterocycles. The smallest absolute Gasteiger partial charge is 0.124 e. The van der Waals surface area contributed by atoms with Crippen molar-refractivity contribution < 1.29 is 5.11 Å². The van der Waals surface area contributed by atoms with Gasteiger partial charge in [0.15, 0.2) is 0 Å². The van der Waals surface area contributed by atoms with E-state index in [1.165, 1.54) is 6.42 Å². The Kier molecular flexibility index (Phi) is 4.49. The molecule has 2 heterocycles. The summed E-state index contributed by atoms with van der Waals surface area (Å²) in [6.07, 6.45) is 4.89. The van der Waals surface area contributed by atoms with Gasteiger partial charge in [0, 0.05) is 25.9 Å². The monoisotopic (exact) mass is 265 g/mol. The number of thiocarbonyl (C=S) groups is 1. The molecule has 3 N–H and O–H groups in total. The Morgan fingerprint density at radius 3 is 3.17 bits per heavy atom. The fourth-order valence-electron chi connectivity index (χ4n) is 2.54. The molecule has 1 unspecified atom stereocenters. The maximum atomic E-state index is 9.05. The highest BCUT2D eigenvalue weighted by Gasteiger charge is 2.22. The van der Waals surface area contributed by atoms with E-state index < -0.39 is 0 Å². The van der Waals surface area contributed by atoms with Crippen LogP contribution in [-0.4, -0.2) is 34.8 Å². The molecule has 0 aliphatic carbocycles. The first kappa shape index (κ1) is 13.2. The fourth-order valence-corrected chi connectivity index (χ4v) is 2.70. The molecule has 0 bridgehead atoms. The Bertz CT molecular complexity index is 422. The zero-order valence-electron chi connectivity index (χ0n) is 10.4. The highest BCUT2D eigenvalue weighted by atomic mass is 32.1. The predicted octanol–water partition coefficient (Wildman–Crippen LogP) is 1.31. The van der Waals surface area contributed by atoms with Crippen LogP contribution in [0.2, 0.25) is 0 Å². The molecule has 5 heteroatoms. The van der Waals surface area contributed by atoms with Crippen LogP contribution < -0.4 is 10.6 Å². The number of nitrogens with zero attached hydrogens (tertiary/aromatic N) is 2. The average molecular weight is 265 g/mol. The van der Waals surface area contributed by atoms with E-state index >= 15 is 0 Å². The van der Waals surface area contributed by atoms with Crippen molar-refractivity contribution in [2.45, 2.75) is 19.3 Å². The third kappa shape index (κ3) is 2.97. The van der Waals surface area contributed by atoms with Crippen LogP contribution in [0.1, 0.15) is 25.0 Å². The van der Waals surface area contributed by atoms with E-state index in [0.717, 1.165) is 31.6 Å². The summed E-state index contributed by atoms with van der Waals surface area (Å²) in [4.78, 5) is 6.89. The molecule has 1 aromatic heterocycles. The Morgan fingerprint density at radius 2 is 2.44 bits per heavy atom. The van der Waals surface area contributed by atoms with Crippen molar-refractivity contribution in [3.05, 3.63) is 24.0 Å². The van der Waals surface area contributed by atoms with Gasteiger partial charge in [-0.25, -0.2) is 0 Å². The third-order valence-electron chi connectivity index (χ3n) is 3.42. The van der Waals surface area contributed by atoms with Crippen LogP contribution in [-0.2, 0) is 0 Å². The van der Waals surface area contributed by atoms with E-state index in [1.54, 1.807) is 6.20 Å². The van der Waals surface area contributed by atoms with Gasteiger partial charge >= 0.3 is 0 Å². The van der Waals surface area contributed by atoms with E-state index in [2.05, 4.69) is 9.88 Å². The Morgan fingerprint density at radius 1 is 1.61 bits per heavy atom. The van der Waals surface area contributed by atoms with Gasteiger partial charge in [0.25, 0.3) is 0 Å². The van der Waals surface area contributed by atoms with Crippen LogP contribution in [0, 0.1) is 5.92 Å². The largest absolute Gasteiger partial charge is 0.396 e. The number of aliphatic hydroxyl groups excluding tert-OH is 1. The van der Waals surface area contributed by atoms with Crippen molar-refractivity contribution in [1.82, 2.24) is 4.98 Å². The minimum Gasteiger partial charge on any atom is -0.396 e. The minimum atomic E-state index is 0.258. The van der Waals surface area contributed by atoms with Crippen molar-refractivity contribution in [2.24, 2.45) is 11.7 Å². The fraction of sp³-hybridized carbons (Fsp3) is 0.538. The van der Waals surface area contributed by atoms with Crippen LogP contribution in [0.4, 0.5) is 5.69 Å². The second-order valence-electron chi connectivity index (χ2n) is 4.70. The van der Waals surface area contributed by atoms with Gasteiger partial charge in [-0.15, -0.1) is 0 Å². The standard InChI is InChI=1S/C13H19N3OS/c14-13(18)12-11(4-1-6-15-12)16-7-2-3-10(9-16)5-8-17/h1,4,6,10,17H,2-3,5,7-9H2,(H2,14,18). The Balaban J connectivity index is 2.18. The number of hydrogen-bond acceptors (Lipinski definition) is 4. The summed E-state index contributed by atoms with van der Waals surface area (Å²) < 4.78 is 0. The summed E-state index contributed by atoms with van der Waals surface area (Å²) in [5, 5.41) is 9.05. The number of nitrogens with two attached hydrogens (primary N) is 1. The van der Waals surface area contributed by atoms with Crippen molar-refractivity contribution in [3.8, 4) is 0 Å². The predicted molar refractivity (Wildman–Crippen MR) is 76.8 cm³/mol. The molecule has 0 saturated carbocycles. The Labute approximate surface area is 113 Å². The van der Waals surface area contributed by atoms with Gasteiger partial charge in [0.2, 0.25) is 0 Å². The molecule has 0 radical (unpaired) electrons. The number of aromatic nitrogens is 1. The Hall–Kier alpha value is -1.20. The van der Waals surface area contributed by atoms with Crippen LogP contribution >= 0.6 is 12.2 Å². The molecule has 2 rings (SSSR count). The zero-order valence-corrected chi connectivity index (χ0v) is 11.2. The SMILES string of the molecule is NC(=S)c1ncccc1N1CCCC(CCO)C1. The summed E-state index contributed by atoms with van der Waals surface area (Å²) in [6.45, 7) is 2.21. The first-order valence-corrected chi connectivity index (χ1v) is 6.74. The second kappa shape index (κ2) is 6.11. The number of aliphatic hydroxyl groups is 1. The summed E-state index contributed by atoms with van der Waals surface area (Å²) in [5.74, 6) is 0.545. The highest BCUT2D eigenvalue weighted by molar-refractivity contribution is 7.80. The minimum absolute atomic E-state index is 0.258. The van der Waals surface area contributed by atoms with Crippen LogP contribution in [0.5, 0.6) is 0 Å². The lowest BCUT2D eigenvalue weighted by molar-refractivity contribution is 0.244. The van der Waals surface area contributed by atoms with E-state index in [1.807, 2.05) is 12.1 Å². The molecule has 0 spiro atoms. The van der Waals surface area contributed by atoms with E-state index in [0.29, 0.717) is 16.6 Å². The number of piperidine rings is 1. The van der Waals surface area contributed by atoms with Crippen molar-refractivity contribution in [3.63, 3.8) is 0 Å². The molecular formula is C13H19N3OS. The van der Waals surface area contributed by atoms with Crippen molar-refractivity contribution >= 4 is 22.9 Å². The van der Waals surface area contributed by atoms with Crippen molar-refractivity contribution in [2.75, 3.05) is 24.6 Å². The second-order valence-corrected chi connectivity index (χ2v) is 5.14. The molecule has 0 aromatic carbocycles. The van der Waals surface area contributed by atoms with Gasteiger partial charge in [-0.2, -0.15) is 0 Å². The lowest BCUT2D eigenvalue weighted by Gasteiger charge is -2.34. The van der Waals surface area contributed by atoms with Crippen LogP contribution in [0.3, 0.4) is 0 Å². The van der Waals surface area contributed by atoms with E-state index in [-0.39, 0.29) is 6.61 Å². The number of pyridine rings is 1. The molecule has 4 nitrogen and oxygen atoms in total. The molecule has 98 valence electrons. The first-order valence-electron chi connectivity index (χ1n) is 6.33. The molecule has 0 amide bonds. The zero-order chi connectivity index (χ0) is 13.0. The van der Waals surface area contributed by atoms with Gasteiger partial charge in [-0.3, -0.25) is 4.98 Å². The molecule has 1 fully saturated rings. The molecule has 18 heavy (non-hydrogen) atoms. The topological polar surface area (TPSA) is 62.4 Å². The van der Waals surface area contributed by atoms with Gasteiger partial charge in [0.1, 0.15) is 10.7 Å². The van der Waals surface area contributed by atoms with Crippen molar-refractivity contribution in [1.29, 1.82) is 0 Å². The van der Waals surface area contributed by atoms with Gasteiger partial charge in [-0.1, -0.05) is 12.2 Å². The van der Waals surface area contributed by atoms with Gasteiger partial charge in [-0.05, 0) is 37.3 Å². The lowest BCUT2D eigenvalue weighted by atomic mass is 9.94. The maximum absolute atomic E-state index is 9.05. The molecule has 1 aliphatic rings. The summed E-state index contributed by atoms with van der Waals surface area (Å²) >= 11 is 5.05. The highest BCUT2D eigenvalue weighted by Crippen LogP contribution is 2.26. The number of rotatable bonds is 4. The maximum Gasteiger partial charge on any atom is 0.124 e. The van der Waals surface area contributed by atoms with Crippen LogP contribution in [0.25, 0.3) is 0 Å². The normalized spacial score (nSPS) is 19.8. The molecule has 1 atom stereocenters. The lowest BCUT2D eigenvalue weighted by Crippen LogP contribution is -2.37.